The van der Waals surface area contributed by atoms with Gasteiger partial charge in [0, 0.05) is 12.1 Å². The normalized spacial score (nSPS) is 16.8. The molecule has 0 saturated carbocycles. The maximum absolute atomic E-state index is 12.9. The molecule has 0 radical (unpaired) electrons. The zero-order valence-electron chi connectivity index (χ0n) is 14.9. The molecule has 4 heteroatoms. The fourth-order valence-electron chi connectivity index (χ4n) is 3.65. The predicted molar refractivity (Wildman–Crippen MR) is 101 cm³/mol. The molecule has 3 aromatic rings. The van der Waals surface area contributed by atoms with Crippen molar-refractivity contribution in [2.75, 3.05) is 6.54 Å². The molecule has 4 nitrogen and oxygen atoms in total. The average Bonchev–Trinajstić information content (AvgIpc) is 3.32. The Morgan fingerprint density at radius 2 is 2.04 bits per heavy atom. The minimum Gasteiger partial charge on any atom is -0.444 e. The highest BCUT2D eigenvalue weighted by Gasteiger charge is 2.30. The summed E-state index contributed by atoms with van der Waals surface area (Å²) in [5.74, 6) is 0.673. The summed E-state index contributed by atoms with van der Waals surface area (Å²) >= 11 is 0. The number of rotatable bonds is 4. The SMILES string of the molecule is Cc1cccc(C2CCCN2C(=O)Cc2coc(-c3ccccc3)n2)c1. The number of hydrogen-bond acceptors (Lipinski definition) is 3. The Hall–Kier alpha value is -2.88. The highest BCUT2D eigenvalue weighted by molar-refractivity contribution is 5.79. The van der Waals surface area contributed by atoms with E-state index in [1.807, 2.05) is 35.2 Å². The molecular formula is C22H22N2O2. The summed E-state index contributed by atoms with van der Waals surface area (Å²) in [6.45, 7) is 2.89. The molecule has 0 N–H and O–H groups in total. The number of aromatic nitrogens is 1. The van der Waals surface area contributed by atoms with Crippen molar-refractivity contribution in [2.24, 2.45) is 0 Å². The summed E-state index contributed by atoms with van der Waals surface area (Å²) in [7, 11) is 0. The number of carbonyl (C=O) groups is 1. The van der Waals surface area contributed by atoms with Gasteiger partial charge < -0.3 is 9.32 Å². The van der Waals surface area contributed by atoms with E-state index in [0.29, 0.717) is 11.6 Å². The number of likely N-dealkylation sites (tertiary alicyclic amines) is 1. The van der Waals surface area contributed by atoms with E-state index < -0.39 is 0 Å². The van der Waals surface area contributed by atoms with E-state index in [-0.39, 0.29) is 18.4 Å². The lowest BCUT2D eigenvalue weighted by molar-refractivity contribution is -0.131. The van der Waals surface area contributed by atoms with Gasteiger partial charge in [0.05, 0.1) is 18.2 Å². The van der Waals surface area contributed by atoms with Gasteiger partial charge in [-0.2, -0.15) is 0 Å². The van der Waals surface area contributed by atoms with Crippen molar-refractivity contribution < 1.29 is 9.21 Å². The van der Waals surface area contributed by atoms with Crippen LogP contribution in [0.4, 0.5) is 0 Å². The minimum absolute atomic E-state index is 0.113. The lowest BCUT2D eigenvalue weighted by atomic mass is 10.0. The van der Waals surface area contributed by atoms with Gasteiger partial charge in [-0.1, -0.05) is 48.0 Å². The zero-order chi connectivity index (χ0) is 17.9. The Kier molecular flexibility index (Phi) is 4.57. The molecule has 2 heterocycles. The molecule has 0 bridgehead atoms. The molecule has 1 unspecified atom stereocenters. The number of aryl methyl sites for hydroxylation is 1. The van der Waals surface area contributed by atoms with Crippen LogP contribution < -0.4 is 0 Å². The van der Waals surface area contributed by atoms with Gasteiger partial charge in [-0.15, -0.1) is 0 Å². The summed E-state index contributed by atoms with van der Waals surface area (Å²) in [6, 6.07) is 18.4. The quantitative estimate of drug-likeness (QED) is 0.696. The first-order valence-electron chi connectivity index (χ1n) is 9.06. The van der Waals surface area contributed by atoms with Crippen LogP contribution in [0.25, 0.3) is 11.5 Å². The molecule has 0 aliphatic carbocycles. The third-order valence-corrected chi connectivity index (χ3v) is 4.90. The van der Waals surface area contributed by atoms with Crippen LogP contribution in [0, 0.1) is 6.92 Å². The lowest BCUT2D eigenvalue weighted by Gasteiger charge is -2.25. The van der Waals surface area contributed by atoms with E-state index in [1.165, 1.54) is 11.1 Å². The second-order valence-corrected chi connectivity index (χ2v) is 6.85. The summed E-state index contributed by atoms with van der Waals surface area (Å²) in [6.07, 6.45) is 3.93. The highest BCUT2D eigenvalue weighted by Crippen LogP contribution is 2.32. The van der Waals surface area contributed by atoms with E-state index in [4.69, 9.17) is 4.42 Å². The van der Waals surface area contributed by atoms with Crippen LogP contribution in [-0.4, -0.2) is 22.3 Å². The third kappa shape index (κ3) is 3.40. The first-order chi connectivity index (χ1) is 12.7. The fourth-order valence-corrected chi connectivity index (χ4v) is 3.65. The molecule has 26 heavy (non-hydrogen) atoms. The number of benzene rings is 2. The summed E-state index contributed by atoms with van der Waals surface area (Å²) < 4.78 is 5.56. The van der Waals surface area contributed by atoms with E-state index in [9.17, 15) is 4.79 Å². The number of hydrogen-bond donors (Lipinski definition) is 0. The van der Waals surface area contributed by atoms with Crippen LogP contribution in [0.5, 0.6) is 0 Å². The molecule has 1 aliphatic rings. The van der Waals surface area contributed by atoms with Gasteiger partial charge >= 0.3 is 0 Å². The molecule has 2 aromatic carbocycles. The first kappa shape index (κ1) is 16.6. The van der Waals surface area contributed by atoms with Crippen LogP contribution in [0.2, 0.25) is 0 Å². The van der Waals surface area contributed by atoms with Crippen molar-refractivity contribution in [1.82, 2.24) is 9.88 Å². The number of oxazole rings is 1. The topological polar surface area (TPSA) is 46.3 Å². The van der Waals surface area contributed by atoms with E-state index in [0.717, 1.165) is 24.9 Å². The van der Waals surface area contributed by atoms with Crippen LogP contribution >= 0.6 is 0 Å². The van der Waals surface area contributed by atoms with E-state index >= 15 is 0 Å². The second kappa shape index (κ2) is 7.16. The second-order valence-electron chi connectivity index (χ2n) is 6.85. The third-order valence-electron chi connectivity index (χ3n) is 4.90. The molecule has 132 valence electrons. The molecule has 1 aliphatic heterocycles. The highest BCUT2D eigenvalue weighted by atomic mass is 16.3. The Labute approximate surface area is 153 Å². The molecule has 0 spiro atoms. The maximum atomic E-state index is 12.9. The van der Waals surface area contributed by atoms with Gasteiger partial charge in [0.1, 0.15) is 6.26 Å². The van der Waals surface area contributed by atoms with Crippen molar-refractivity contribution in [2.45, 2.75) is 32.2 Å². The van der Waals surface area contributed by atoms with Gasteiger partial charge in [0.25, 0.3) is 0 Å². The molecule has 1 fully saturated rings. The number of carbonyl (C=O) groups excluding carboxylic acids is 1. The molecule has 4 rings (SSSR count). The zero-order valence-corrected chi connectivity index (χ0v) is 14.9. The smallest absolute Gasteiger partial charge is 0.229 e. The standard InChI is InChI=1S/C22H22N2O2/c1-16-7-5-10-18(13-16)20-11-6-12-24(20)21(25)14-19-15-26-22(23-19)17-8-3-2-4-9-17/h2-5,7-10,13,15,20H,6,11-12,14H2,1H3. The van der Waals surface area contributed by atoms with Crippen molar-refractivity contribution in [3.05, 3.63) is 77.7 Å². The Morgan fingerprint density at radius 1 is 1.19 bits per heavy atom. The Morgan fingerprint density at radius 3 is 2.85 bits per heavy atom. The van der Waals surface area contributed by atoms with Crippen molar-refractivity contribution in [3.8, 4) is 11.5 Å². The summed E-state index contributed by atoms with van der Waals surface area (Å²) in [5.41, 5.74) is 4.06. The van der Waals surface area contributed by atoms with Crippen LogP contribution in [0.3, 0.4) is 0 Å². The molecular weight excluding hydrogens is 324 g/mol. The van der Waals surface area contributed by atoms with Crippen LogP contribution in [0.15, 0.2) is 65.3 Å². The average molecular weight is 346 g/mol. The van der Waals surface area contributed by atoms with Gasteiger partial charge in [-0.05, 0) is 37.5 Å². The van der Waals surface area contributed by atoms with Gasteiger partial charge in [-0.3, -0.25) is 4.79 Å². The first-order valence-corrected chi connectivity index (χ1v) is 9.06. The lowest BCUT2D eigenvalue weighted by Crippen LogP contribution is -2.31. The largest absolute Gasteiger partial charge is 0.444 e. The number of nitrogens with zero attached hydrogens (tertiary/aromatic N) is 2. The van der Waals surface area contributed by atoms with Gasteiger partial charge in [0.2, 0.25) is 11.8 Å². The Bertz CT molecular complexity index is 901. The summed E-state index contributed by atoms with van der Waals surface area (Å²) in [4.78, 5) is 19.4. The van der Waals surface area contributed by atoms with Crippen LogP contribution in [-0.2, 0) is 11.2 Å². The van der Waals surface area contributed by atoms with Crippen molar-refractivity contribution >= 4 is 5.91 Å². The Balaban J connectivity index is 1.48. The predicted octanol–water partition coefficient (Wildman–Crippen LogP) is 4.56. The fraction of sp³-hybridized carbons (Fsp3) is 0.273. The van der Waals surface area contributed by atoms with E-state index in [2.05, 4.69) is 36.2 Å². The van der Waals surface area contributed by atoms with Gasteiger partial charge in [0.15, 0.2) is 0 Å². The molecule has 1 atom stereocenters. The monoisotopic (exact) mass is 346 g/mol. The van der Waals surface area contributed by atoms with E-state index in [1.54, 1.807) is 6.26 Å². The maximum Gasteiger partial charge on any atom is 0.229 e. The van der Waals surface area contributed by atoms with Crippen molar-refractivity contribution in [1.29, 1.82) is 0 Å². The number of amides is 1. The minimum atomic E-state index is 0.113. The summed E-state index contributed by atoms with van der Waals surface area (Å²) in [5, 5.41) is 0. The van der Waals surface area contributed by atoms with Crippen LogP contribution in [0.1, 0.15) is 35.7 Å². The van der Waals surface area contributed by atoms with Gasteiger partial charge in [-0.25, -0.2) is 4.98 Å². The molecule has 1 saturated heterocycles. The van der Waals surface area contributed by atoms with Crippen molar-refractivity contribution in [3.63, 3.8) is 0 Å². The molecule has 1 amide bonds. The molecule has 1 aromatic heterocycles.